The Labute approximate surface area is 99.6 Å². The summed E-state index contributed by atoms with van der Waals surface area (Å²) in [5.74, 6) is 1.93. The van der Waals surface area contributed by atoms with Crippen LogP contribution in [0.1, 0.15) is 40.5 Å². The minimum absolute atomic E-state index is 0.124. The quantitative estimate of drug-likeness (QED) is 0.788. The van der Waals surface area contributed by atoms with Gasteiger partial charge in [0.1, 0.15) is 0 Å². The molecule has 1 N–H and O–H groups in total. The van der Waals surface area contributed by atoms with Gasteiger partial charge < -0.3 is 10.2 Å². The lowest BCUT2D eigenvalue weighted by molar-refractivity contribution is 0.146. The van der Waals surface area contributed by atoms with Gasteiger partial charge in [0.25, 0.3) is 0 Å². The minimum Gasteiger partial charge on any atom is -0.338 e. The number of nitrogens with zero attached hydrogens (tertiary/aromatic N) is 1. The molecule has 0 saturated carbocycles. The minimum atomic E-state index is 0.124. The van der Waals surface area contributed by atoms with Crippen LogP contribution in [0, 0.1) is 17.8 Å². The average molecular weight is 226 g/mol. The Kier molecular flexibility index (Phi) is 5.10. The summed E-state index contributed by atoms with van der Waals surface area (Å²) >= 11 is 0. The van der Waals surface area contributed by atoms with Crippen LogP contribution in [0.3, 0.4) is 0 Å². The van der Waals surface area contributed by atoms with Crippen LogP contribution in [0.25, 0.3) is 0 Å². The summed E-state index contributed by atoms with van der Waals surface area (Å²) in [6.45, 7) is 11.4. The van der Waals surface area contributed by atoms with Crippen molar-refractivity contribution in [3.05, 3.63) is 0 Å². The van der Waals surface area contributed by atoms with Crippen LogP contribution in [0.5, 0.6) is 0 Å². The molecule has 0 bridgehead atoms. The number of piperidine rings is 1. The zero-order valence-corrected chi connectivity index (χ0v) is 11.1. The van der Waals surface area contributed by atoms with Crippen molar-refractivity contribution in [2.45, 2.75) is 40.5 Å². The number of nitrogens with one attached hydrogen (secondary N) is 1. The van der Waals surface area contributed by atoms with Crippen LogP contribution in [0.15, 0.2) is 0 Å². The topological polar surface area (TPSA) is 32.3 Å². The van der Waals surface area contributed by atoms with E-state index in [2.05, 4.69) is 33.0 Å². The number of urea groups is 1. The van der Waals surface area contributed by atoms with Crippen molar-refractivity contribution in [1.82, 2.24) is 10.2 Å². The van der Waals surface area contributed by atoms with E-state index in [1.807, 2.05) is 4.90 Å². The van der Waals surface area contributed by atoms with Crippen molar-refractivity contribution >= 4 is 6.03 Å². The van der Waals surface area contributed by atoms with Gasteiger partial charge in [0, 0.05) is 19.6 Å². The van der Waals surface area contributed by atoms with Gasteiger partial charge >= 0.3 is 6.03 Å². The summed E-state index contributed by atoms with van der Waals surface area (Å²) in [5.41, 5.74) is 0. The van der Waals surface area contributed by atoms with Gasteiger partial charge in [0.2, 0.25) is 0 Å². The van der Waals surface area contributed by atoms with Gasteiger partial charge in [-0.15, -0.1) is 0 Å². The summed E-state index contributed by atoms with van der Waals surface area (Å²) in [6.07, 6.45) is 2.31. The SMILES string of the molecule is CC(C)CCNC(=O)N1CC(C)CC(C)C1. The first-order valence-corrected chi connectivity index (χ1v) is 6.51. The Morgan fingerprint density at radius 3 is 2.38 bits per heavy atom. The highest BCUT2D eigenvalue weighted by atomic mass is 16.2. The van der Waals surface area contributed by atoms with E-state index in [9.17, 15) is 4.79 Å². The summed E-state index contributed by atoms with van der Waals surface area (Å²) in [5, 5.41) is 3.01. The predicted molar refractivity (Wildman–Crippen MR) is 67.4 cm³/mol. The fraction of sp³-hybridized carbons (Fsp3) is 0.923. The van der Waals surface area contributed by atoms with E-state index in [1.54, 1.807) is 0 Å². The standard InChI is InChI=1S/C13H26N2O/c1-10(2)5-6-14-13(16)15-8-11(3)7-12(4)9-15/h10-12H,5-9H2,1-4H3,(H,14,16). The first-order chi connectivity index (χ1) is 7.49. The Hall–Kier alpha value is -0.730. The van der Waals surface area contributed by atoms with E-state index < -0.39 is 0 Å². The number of hydrogen-bond acceptors (Lipinski definition) is 1. The molecule has 1 rings (SSSR count). The van der Waals surface area contributed by atoms with E-state index in [-0.39, 0.29) is 6.03 Å². The van der Waals surface area contributed by atoms with E-state index in [1.165, 1.54) is 6.42 Å². The Bertz CT molecular complexity index is 218. The molecule has 1 fully saturated rings. The lowest BCUT2D eigenvalue weighted by Gasteiger charge is -2.35. The number of amides is 2. The molecule has 0 spiro atoms. The number of hydrogen-bond donors (Lipinski definition) is 1. The van der Waals surface area contributed by atoms with Crippen LogP contribution in [-0.2, 0) is 0 Å². The highest BCUT2D eigenvalue weighted by molar-refractivity contribution is 5.74. The van der Waals surface area contributed by atoms with Gasteiger partial charge in [-0.2, -0.15) is 0 Å². The molecule has 2 unspecified atom stereocenters. The van der Waals surface area contributed by atoms with Crippen molar-refractivity contribution in [2.24, 2.45) is 17.8 Å². The molecule has 0 aliphatic carbocycles. The largest absolute Gasteiger partial charge is 0.338 e. The molecule has 0 radical (unpaired) electrons. The monoisotopic (exact) mass is 226 g/mol. The third kappa shape index (κ3) is 4.42. The highest BCUT2D eigenvalue weighted by Gasteiger charge is 2.24. The second-order valence-electron chi connectivity index (χ2n) is 5.77. The molecule has 0 aromatic rings. The average Bonchev–Trinajstić information content (AvgIpc) is 2.15. The van der Waals surface area contributed by atoms with Crippen LogP contribution in [0.2, 0.25) is 0 Å². The number of rotatable bonds is 3. The molecule has 1 aliphatic heterocycles. The molecule has 3 heteroatoms. The molecule has 1 saturated heterocycles. The zero-order chi connectivity index (χ0) is 12.1. The molecule has 2 amide bonds. The van der Waals surface area contributed by atoms with Gasteiger partial charge in [0.05, 0.1) is 0 Å². The van der Waals surface area contributed by atoms with E-state index in [0.717, 1.165) is 26.1 Å². The third-order valence-corrected chi connectivity index (χ3v) is 3.15. The Balaban J connectivity index is 2.30. The maximum Gasteiger partial charge on any atom is 0.317 e. The third-order valence-electron chi connectivity index (χ3n) is 3.15. The van der Waals surface area contributed by atoms with E-state index in [0.29, 0.717) is 17.8 Å². The normalized spacial score (nSPS) is 25.9. The lowest BCUT2D eigenvalue weighted by Crippen LogP contribution is -2.47. The molecular formula is C13H26N2O. The first-order valence-electron chi connectivity index (χ1n) is 6.51. The molecule has 3 nitrogen and oxygen atoms in total. The Morgan fingerprint density at radius 2 is 1.88 bits per heavy atom. The van der Waals surface area contributed by atoms with Gasteiger partial charge in [-0.1, -0.05) is 27.7 Å². The van der Waals surface area contributed by atoms with Gasteiger partial charge in [-0.05, 0) is 30.6 Å². The molecule has 1 aliphatic rings. The van der Waals surface area contributed by atoms with Crippen LogP contribution >= 0.6 is 0 Å². The number of carbonyl (C=O) groups excluding carboxylic acids is 1. The fourth-order valence-corrected chi connectivity index (χ4v) is 2.41. The molecule has 2 atom stereocenters. The van der Waals surface area contributed by atoms with Crippen molar-refractivity contribution in [3.63, 3.8) is 0 Å². The van der Waals surface area contributed by atoms with E-state index >= 15 is 0 Å². The molecule has 1 heterocycles. The Morgan fingerprint density at radius 1 is 1.31 bits per heavy atom. The van der Waals surface area contributed by atoms with Gasteiger partial charge in [-0.3, -0.25) is 0 Å². The molecular weight excluding hydrogens is 200 g/mol. The number of likely N-dealkylation sites (tertiary alicyclic amines) is 1. The second-order valence-corrected chi connectivity index (χ2v) is 5.77. The summed E-state index contributed by atoms with van der Waals surface area (Å²) in [7, 11) is 0. The van der Waals surface area contributed by atoms with Crippen LogP contribution in [-0.4, -0.2) is 30.6 Å². The smallest absolute Gasteiger partial charge is 0.317 e. The first kappa shape index (κ1) is 13.3. The van der Waals surface area contributed by atoms with Crippen molar-refractivity contribution in [1.29, 1.82) is 0 Å². The summed E-state index contributed by atoms with van der Waals surface area (Å²) in [6, 6.07) is 0.124. The second kappa shape index (κ2) is 6.12. The molecule has 16 heavy (non-hydrogen) atoms. The van der Waals surface area contributed by atoms with Crippen molar-refractivity contribution in [3.8, 4) is 0 Å². The summed E-state index contributed by atoms with van der Waals surface area (Å²) < 4.78 is 0. The zero-order valence-electron chi connectivity index (χ0n) is 11.1. The highest BCUT2D eigenvalue weighted by Crippen LogP contribution is 2.20. The predicted octanol–water partition coefficient (Wildman–Crippen LogP) is 2.72. The maximum absolute atomic E-state index is 11.9. The van der Waals surface area contributed by atoms with E-state index in [4.69, 9.17) is 0 Å². The van der Waals surface area contributed by atoms with Crippen molar-refractivity contribution in [2.75, 3.05) is 19.6 Å². The van der Waals surface area contributed by atoms with Crippen LogP contribution in [0.4, 0.5) is 4.79 Å². The van der Waals surface area contributed by atoms with Gasteiger partial charge in [0.15, 0.2) is 0 Å². The van der Waals surface area contributed by atoms with Crippen LogP contribution < -0.4 is 5.32 Å². The van der Waals surface area contributed by atoms with Gasteiger partial charge in [-0.25, -0.2) is 4.79 Å². The summed E-state index contributed by atoms with van der Waals surface area (Å²) in [4.78, 5) is 13.9. The molecule has 0 aromatic carbocycles. The number of carbonyl (C=O) groups is 1. The maximum atomic E-state index is 11.9. The fourth-order valence-electron chi connectivity index (χ4n) is 2.41. The lowest BCUT2D eigenvalue weighted by atomic mass is 9.92. The molecule has 94 valence electrons. The molecule has 0 aromatic heterocycles. The van der Waals surface area contributed by atoms with Crippen molar-refractivity contribution < 1.29 is 4.79 Å².